The van der Waals surface area contributed by atoms with Crippen molar-refractivity contribution in [2.45, 2.75) is 19.3 Å². The molecule has 0 fully saturated rings. The van der Waals surface area contributed by atoms with E-state index in [1.807, 2.05) is 0 Å². The van der Waals surface area contributed by atoms with Gasteiger partial charge in [-0.05, 0) is 25.8 Å². The quantitative estimate of drug-likeness (QED) is 0.635. The molecule has 1 aromatic carbocycles. The molecule has 10 heteroatoms. The lowest BCUT2D eigenvalue weighted by molar-refractivity contribution is -0.142. The van der Waals surface area contributed by atoms with Crippen LogP contribution in [0.5, 0.6) is 0 Å². The van der Waals surface area contributed by atoms with Gasteiger partial charge in [0.2, 0.25) is 0 Å². The summed E-state index contributed by atoms with van der Waals surface area (Å²) in [7, 11) is 0. The molecule has 0 aliphatic carbocycles. The van der Waals surface area contributed by atoms with Crippen molar-refractivity contribution in [1.82, 2.24) is 9.97 Å². The highest BCUT2D eigenvalue weighted by Crippen LogP contribution is 2.39. The molecule has 1 heterocycles. The summed E-state index contributed by atoms with van der Waals surface area (Å²) >= 11 is 0. The highest BCUT2D eigenvalue weighted by molar-refractivity contribution is 5.83. The van der Waals surface area contributed by atoms with Crippen LogP contribution in [0.3, 0.4) is 0 Å². The van der Waals surface area contributed by atoms with Gasteiger partial charge in [0.1, 0.15) is 11.2 Å². The van der Waals surface area contributed by atoms with Crippen molar-refractivity contribution < 1.29 is 26.3 Å². The van der Waals surface area contributed by atoms with Gasteiger partial charge >= 0.3 is 12.4 Å². The molecular weight excluding hydrogens is 338 g/mol. The first-order chi connectivity index (χ1) is 11.1. The average Bonchev–Trinajstić information content (AvgIpc) is 2.88. The number of alkyl halides is 6. The summed E-state index contributed by atoms with van der Waals surface area (Å²) in [5, 5.41) is 0. The van der Waals surface area contributed by atoms with E-state index in [0.29, 0.717) is 6.07 Å². The van der Waals surface area contributed by atoms with Gasteiger partial charge in [0, 0.05) is 6.21 Å². The molecule has 2 aromatic rings. The maximum atomic E-state index is 13.1. The van der Waals surface area contributed by atoms with E-state index in [1.165, 1.54) is 12.4 Å². The van der Waals surface area contributed by atoms with E-state index in [4.69, 9.17) is 0 Å². The minimum Gasteiger partial charge on any atom is -0.337 e. The van der Waals surface area contributed by atoms with Crippen molar-refractivity contribution in [1.29, 1.82) is 0 Å². The smallest absolute Gasteiger partial charge is 0.337 e. The molecule has 0 aliphatic rings. The van der Waals surface area contributed by atoms with Gasteiger partial charge < -0.3 is 4.98 Å². The van der Waals surface area contributed by atoms with Crippen molar-refractivity contribution in [3.05, 3.63) is 35.3 Å². The number of fused-ring (bicyclic) bond motifs is 1. The zero-order valence-electron chi connectivity index (χ0n) is 12.1. The molecule has 2 rings (SSSR count). The van der Waals surface area contributed by atoms with Crippen LogP contribution in [0.1, 0.15) is 23.9 Å². The fourth-order valence-electron chi connectivity index (χ4n) is 1.94. The van der Waals surface area contributed by atoms with Crippen LogP contribution >= 0.6 is 0 Å². The van der Waals surface area contributed by atoms with E-state index in [0.717, 1.165) is 0 Å². The standard InChI is InChI=1S/C14H10F6N4/c1-3-22-6-10(21-2)12-23-9-5-7(13(15,16)17)4-8(11(9)24-12)14(18,19)20/h3-6H,2H2,1H3,(H,23,24)/b10-6-,22-3?. The molecule has 0 bridgehead atoms. The molecule has 0 aliphatic heterocycles. The summed E-state index contributed by atoms with van der Waals surface area (Å²) < 4.78 is 77.7. The van der Waals surface area contributed by atoms with E-state index in [-0.39, 0.29) is 17.6 Å². The van der Waals surface area contributed by atoms with Gasteiger partial charge in [-0.2, -0.15) is 26.3 Å². The number of hydrogen-bond acceptors (Lipinski definition) is 3. The second-order valence-electron chi connectivity index (χ2n) is 4.58. The first-order valence-electron chi connectivity index (χ1n) is 6.41. The van der Waals surface area contributed by atoms with Crippen LogP contribution in [0.15, 0.2) is 28.3 Å². The van der Waals surface area contributed by atoms with Crippen LogP contribution in [0.4, 0.5) is 26.3 Å². The molecule has 0 saturated heterocycles. The zero-order chi connectivity index (χ0) is 18.1. The predicted octanol–water partition coefficient (Wildman–Crippen LogP) is 4.69. The molecule has 1 aromatic heterocycles. The number of aromatic amines is 1. The van der Waals surface area contributed by atoms with Crippen molar-refractivity contribution in [2.75, 3.05) is 0 Å². The van der Waals surface area contributed by atoms with E-state index in [2.05, 4.69) is 26.7 Å². The minimum absolute atomic E-state index is 0.00835. The zero-order valence-corrected chi connectivity index (χ0v) is 12.1. The fourth-order valence-corrected chi connectivity index (χ4v) is 1.94. The number of imidazole rings is 1. The third kappa shape index (κ3) is 3.47. The van der Waals surface area contributed by atoms with Crippen molar-refractivity contribution in [3.8, 4) is 0 Å². The Kier molecular flexibility index (Phi) is 4.50. The van der Waals surface area contributed by atoms with E-state index >= 15 is 0 Å². The number of halogens is 6. The van der Waals surface area contributed by atoms with Gasteiger partial charge in [0.15, 0.2) is 5.82 Å². The largest absolute Gasteiger partial charge is 0.418 e. The Labute approximate surface area is 131 Å². The Morgan fingerprint density at radius 3 is 2.33 bits per heavy atom. The van der Waals surface area contributed by atoms with Crippen molar-refractivity contribution in [2.24, 2.45) is 9.98 Å². The normalized spacial score (nSPS) is 13.9. The lowest BCUT2D eigenvalue weighted by atomic mass is 10.1. The number of benzene rings is 1. The Balaban J connectivity index is 2.77. The minimum atomic E-state index is -5.00. The molecule has 0 radical (unpaired) electrons. The number of aromatic nitrogens is 2. The van der Waals surface area contributed by atoms with E-state index in [9.17, 15) is 26.3 Å². The SMILES string of the molecule is C=N/C(=C\N=CC)c1nc2c(C(F)(F)F)cc(C(F)(F)F)cc2[nH]1. The van der Waals surface area contributed by atoms with Gasteiger partial charge in [-0.15, -0.1) is 0 Å². The van der Waals surface area contributed by atoms with Crippen LogP contribution in [-0.2, 0) is 12.4 Å². The maximum absolute atomic E-state index is 13.1. The fraction of sp³-hybridized carbons (Fsp3) is 0.214. The number of nitrogens with zero attached hydrogens (tertiary/aromatic N) is 3. The second kappa shape index (κ2) is 6.10. The van der Waals surface area contributed by atoms with E-state index in [1.54, 1.807) is 6.92 Å². The summed E-state index contributed by atoms with van der Waals surface area (Å²) in [6.45, 7) is 4.82. The molecule has 0 spiro atoms. The molecule has 1 N–H and O–H groups in total. The Morgan fingerprint density at radius 1 is 1.17 bits per heavy atom. The van der Waals surface area contributed by atoms with Gasteiger partial charge in [0.25, 0.3) is 0 Å². The lowest BCUT2D eigenvalue weighted by Gasteiger charge is -2.11. The molecule has 0 saturated carbocycles. The molecule has 0 amide bonds. The molecule has 0 atom stereocenters. The summed E-state index contributed by atoms with van der Waals surface area (Å²) in [6, 6.07) is 0.590. The Hall–Kier alpha value is -2.65. The summed E-state index contributed by atoms with van der Waals surface area (Å²) in [6.07, 6.45) is -7.38. The number of rotatable bonds is 3. The molecular formula is C14H10F6N4. The van der Waals surface area contributed by atoms with Crippen LogP contribution in [0.25, 0.3) is 16.7 Å². The number of hydrogen-bond donors (Lipinski definition) is 1. The monoisotopic (exact) mass is 348 g/mol. The number of aliphatic imine (C=N–C) groups is 2. The summed E-state index contributed by atoms with van der Waals surface area (Å²) in [4.78, 5) is 13.4. The third-order valence-electron chi connectivity index (χ3n) is 2.98. The van der Waals surface area contributed by atoms with Crippen LogP contribution < -0.4 is 0 Å². The third-order valence-corrected chi connectivity index (χ3v) is 2.98. The highest BCUT2D eigenvalue weighted by atomic mass is 19.4. The lowest BCUT2D eigenvalue weighted by Crippen LogP contribution is -2.11. The van der Waals surface area contributed by atoms with Crippen LogP contribution in [0, 0.1) is 0 Å². The average molecular weight is 348 g/mol. The molecule has 4 nitrogen and oxygen atoms in total. The van der Waals surface area contributed by atoms with Gasteiger partial charge in [-0.1, -0.05) is 0 Å². The summed E-state index contributed by atoms with van der Waals surface area (Å²) in [5.41, 5.74) is -3.98. The summed E-state index contributed by atoms with van der Waals surface area (Å²) in [5.74, 6) is -0.171. The van der Waals surface area contributed by atoms with E-state index < -0.39 is 34.5 Å². The van der Waals surface area contributed by atoms with Gasteiger partial charge in [-0.3, -0.25) is 9.98 Å². The highest BCUT2D eigenvalue weighted by Gasteiger charge is 2.39. The Morgan fingerprint density at radius 2 is 1.83 bits per heavy atom. The first-order valence-corrected chi connectivity index (χ1v) is 6.41. The van der Waals surface area contributed by atoms with Crippen LogP contribution in [0.2, 0.25) is 0 Å². The molecule has 24 heavy (non-hydrogen) atoms. The topological polar surface area (TPSA) is 53.4 Å². The molecule has 0 unspecified atom stereocenters. The second-order valence-corrected chi connectivity index (χ2v) is 4.58. The number of nitrogens with one attached hydrogen (secondary N) is 1. The Bertz CT molecular complexity index is 826. The molecule has 128 valence electrons. The van der Waals surface area contributed by atoms with Crippen molar-refractivity contribution in [3.63, 3.8) is 0 Å². The number of H-pyrrole nitrogens is 1. The first kappa shape index (κ1) is 17.7. The van der Waals surface area contributed by atoms with Gasteiger partial charge in [-0.25, -0.2) is 4.98 Å². The maximum Gasteiger partial charge on any atom is 0.418 e. The van der Waals surface area contributed by atoms with Gasteiger partial charge in [0.05, 0.1) is 22.8 Å². The van der Waals surface area contributed by atoms with Crippen LogP contribution in [-0.4, -0.2) is 22.9 Å². The predicted molar refractivity (Wildman–Crippen MR) is 77.8 cm³/mol. The van der Waals surface area contributed by atoms with Crippen molar-refractivity contribution >= 4 is 29.7 Å².